The molecule has 0 spiro atoms. The second kappa shape index (κ2) is 9.62. The minimum absolute atomic E-state index is 0.0421. The molecule has 1 aliphatic heterocycles. The van der Waals surface area contributed by atoms with Crippen molar-refractivity contribution in [2.45, 2.75) is 40.2 Å². The number of carbonyl (C=O) groups excluding carboxylic acids is 1. The van der Waals surface area contributed by atoms with E-state index in [1.165, 1.54) is 5.56 Å². The van der Waals surface area contributed by atoms with Gasteiger partial charge in [0.25, 0.3) is 5.91 Å². The lowest BCUT2D eigenvalue weighted by Gasteiger charge is -2.21. The maximum atomic E-state index is 13.1. The van der Waals surface area contributed by atoms with Gasteiger partial charge in [-0.15, -0.1) is 0 Å². The summed E-state index contributed by atoms with van der Waals surface area (Å²) in [6.07, 6.45) is 0.496. The van der Waals surface area contributed by atoms with Crippen molar-refractivity contribution < 1.29 is 13.2 Å². The predicted molar refractivity (Wildman–Crippen MR) is 137 cm³/mol. The summed E-state index contributed by atoms with van der Waals surface area (Å²) in [5.74, 6) is -0.134. The molecule has 3 aromatic rings. The van der Waals surface area contributed by atoms with Gasteiger partial charge in [0, 0.05) is 30.0 Å². The molecular formula is C26H32N4O3S. The molecule has 1 aromatic heterocycles. The fourth-order valence-electron chi connectivity index (χ4n) is 4.41. The highest BCUT2D eigenvalue weighted by Crippen LogP contribution is 2.31. The second-order valence-corrected chi connectivity index (χ2v) is 11.1. The van der Waals surface area contributed by atoms with Gasteiger partial charge in [0.15, 0.2) is 15.5 Å². The van der Waals surface area contributed by atoms with Crippen LogP contribution in [0.15, 0.2) is 48.5 Å². The lowest BCUT2D eigenvalue weighted by molar-refractivity contribution is 0.102. The summed E-state index contributed by atoms with van der Waals surface area (Å²) in [6.45, 7) is 10.1. The first-order chi connectivity index (χ1) is 16.2. The minimum Gasteiger partial charge on any atom is -0.372 e. The second-order valence-electron chi connectivity index (χ2n) is 8.89. The van der Waals surface area contributed by atoms with Crippen LogP contribution in [0, 0.1) is 13.8 Å². The van der Waals surface area contributed by atoms with Crippen LogP contribution in [-0.4, -0.2) is 48.7 Å². The molecule has 34 heavy (non-hydrogen) atoms. The van der Waals surface area contributed by atoms with Gasteiger partial charge in [0.2, 0.25) is 0 Å². The molecule has 0 radical (unpaired) electrons. The fraction of sp³-hybridized carbons (Fsp3) is 0.385. The number of nitrogens with zero attached hydrogens (tertiary/aromatic N) is 3. The number of aromatic nitrogens is 2. The number of sulfone groups is 1. The van der Waals surface area contributed by atoms with Gasteiger partial charge in [0.05, 0.1) is 23.2 Å². The summed E-state index contributed by atoms with van der Waals surface area (Å²) >= 11 is 0. The summed E-state index contributed by atoms with van der Waals surface area (Å²) in [6, 6.07) is 15.3. The van der Waals surface area contributed by atoms with Crippen LogP contribution in [0.1, 0.15) is 47.9 Å². The molecule has 2 aromatic carbocycles. The normalized spacial score (nSPS) is 17.0. The first-order valence-electron chi connectivity index (χ1n) is 11.7. The minimum atomic E-state index is -3.10. The van der Waals surface area contributed by atoms with E-state index in [0.29, 0.717) is 12.1 Å². The van der Waals surface area contributed by atoms with Crippen LogP contribution < -0.4 is 10.2 Å². The van der Waals surface area contributed by atoms with Crippen LogP contribution in [0.3, 0.4) is 0 Å². The maximum Gasteiger partial charge on any atom is 0.276 e. The quantitative estimate of drug-likeness (QED) is 0.533. The van der Waals surface area contributed by atoms with Gasteiger partial charge in [-0.2, -0.15) is 5.10 Å². The van der Waals surface area contributed by atoms with Crippen molar-refractivity contribution in [2.24, 2.45) is 0 Å². The average molecular weight is 481 g/mol. The highest BCUT2D eigenvalue weighted by atomic mass is 32.2. The number of aryl methyl sites for hydroxylation is 2. The molecule has 2 heterocycles. The molecular weight excluding hydrogens is 448 g/mol. The Hall–Kier alpha value is -3.13. The SMILES string of the molecule is CCN(CC)c1ccc(NC(=O)c2cc(-c3ccc(C)c(C)c3)n([C@@H]3CCS(=O)(=O)C3)n2)cc1. The van der Waals surface area contributed by atoms with E-state index in [-0.39, 0.29) is 29.1 Å². The Labute approximate surface area is 201 Å². The van der Waals surface area contributed by atoms with E-state index in [9.17, 15) is 13.2 Å². The third-order valence-electron chi connectivity index (χ3n) is 6.58. The zero-order valence-corrected chi connectivity index (χ0v) is 21.0. The van der Waals surface area contributed by atoms with Crippen LogP contribution in [-0.2, 0) is 9.84 Å². The van der Waals surface area contributed by atoms with E-state index in [1.54, 1.807) is 10.7 Å². The van der Waals surface area contributed by atoms with E-state index in [0.717, 1.165) is 35.6 Å². The molecule has 1 fully saturated rings. The number of carbonyl (C=O) groups is 1. The van der Waals surface area contributed by atoms with Crippen molar-refractivity contribution in [1.82, 2.24) is 9.78 Å². The topological polar surface area (TPSA) is 84.3 Å². The van der Waals surface area contributed by atoms with Crippen molar-refractivity contribution in [3.05, 3.63) is 65.4 Å². The Balaban J connectivity index is 1.64. The molecule has 0 unspecified atom stereocenters. The van der Waals surface area contributed by atoms with Crippen LogP contribution in [0.4, 0.5) is 11.4 Å². The zero-order chi connectivity index (χ0) is 24.5. The van der Waals surface area contributed by atoms with Gasteiger partial charge >= 0.3 is 0 Å². The maximum absolute atomic E-state index is 13.1. The molecule has 8 heteroatoms. The summed E-state index contributed by atoms with van der Waals surface area (Å²) in [4.78, 5) is 15.3. The van der Waals surface area contributed by atoms with Gasteiger partial charge in [-0.25, -0.2) is 8.42 Å². The molecule has 7 nitrogen and oxygen atoms in total. The van der Waals surface area contributed by atoms with Crippen LogP contribution in [0.2, 0.25) is 0 Å². The molecule has 1 saturated heterocycles. The molecule has 0 saturated carbocycles. The monoisotopic (exact) mass is 480 g/mol. The molecule has 0 bridgehead atoms. The fourth-order valence-corrected chi connectivity index (χ4v) is 6.10. The Morgan fingerprint density at radius 2 is 1.76 bits per heavy atom. The molecule has 1 amide bonds. The molecule has 1 aliphatic rings. The Morgan fingerprint density at radius 1 is 1.06 bits per heavy atom. The standard InChI is InChI=1S/C26H32N4O3S/c1-5-29(6-2)22-11-9-21(10-12-22)27-26(31)24-16-25(20-8-7-18(3)19(4)15-20)30(28-24)23-13-14-34(32,33)17-23/h7-12,15-16,23H,5-6,13-14,17H2,1-4H3,(H,27,31)/t23-/m1/s1. The van der Waals surface area contributed by atoms with E-state index in [4.69, 9.17) is 0 Å². The number of hydrogen-bond donors (Lipinski definition) is 1. The smallest absolute Gasteiger partial charge is 0.276 e. The summed E-state index contributed by atoms with van der Waals surface area (Å²) in [5, 5.41) is 7.51. The number of nitrogens with one attached hydrogen (secondary N) is 1. The number of benzene rings is 2. The van der Waals surface area contributed by atoms with Crippen molar-refractivity contribution in [3.8, 4) is 11.3 Å². The molecule has 1 N–H and O–H groups in total. The van der Waals surface area contributed by atoms with Crippen molar-refractivity contribution in [1.29, 1.82) is 0 Å². The summed E-state index contributed by atoms with van der Waals surface area (Å²) in [7, 11) is -3.10. The number of amides is 1. The average Bonchev–Trinajstić information content (AvgIpc) is 3.41. The zero-order valence-electron chi connectivity index (χ0n) is 20.2. The molecule has 4 rings (SSSR count). The molecule has 0 aliphatic carbocycles. The third-order valence-corrected chi connectivity index (χ3v) is 8.33. The Bertz CT molecular complexity index is 1290. The van der Waals surface area contributed by atoms with Gasteiger partial charge in [-0.05, 0) is 81.6 Å². The molecule has 180 valence electrons. The highest BCUT2D eigenvalue weighted by molar-refractivity contribution is 7.91. The lowest BCUT2D eigenvalue weighted by atomic mass is 10.0. The van der Waals surface area contributed by atoms with E-state index >= 15 is 0 Å². The van der Waals surface area contributed by atoms with Crippen molar-refractivity contribution in [2.75, 3.05) is 34.8 Å². The number of hydrogen-bond acceptors (Lipinski definition) is 5. The largest absolute Gasteiger partial charge is 0.372 e. The highest BCUT2D eigenvalue weighted by Gasteiger charge is 2.32. The van der Waals surface area contributed by atoms with E-state index in [2.05, 4.69) is 35.2 Å². The molecule has 1 atom stereocenters. The third kappa shape index (κ3) is 5.01. The predicted octanol–water partition coefficient (Wildman–Crippen LogP) is 4.63. The Morgan fingerprint density at radius 3 is 2.35 bits per heavy atom. The lowest BCUT2D eigenvalue weighted by Crippen LogP contribution is -2.21. The number of anilines is 2. The van der Waals surface area contributed by atoms with Crippen LogP contribution in [0.25, 0.3) is 11.3 Å². The van der Waals surface area contributed by atoms with Gasteiger partial charge in [-0.1, -0.05) is 12.1 Å². The van der Waals surface area contributed by atoms with Gasteiger partial charge < -0.3 is 10.2 Å². The number of rotatable bonds is 7. The summed E-state index contributed by atoms with van der Waals surface area (Å²) < 4.78 is 26.0. The van der Waals surface area contributed by atoms with Crippen molar-refractivity contribution in [3.63, 3.8) is 0 Å². The van der Waals surface area contributed by atoms with Crippen molar-refractivity contribution >= 4 is 27.1 Å². The first kappa shape index (κ1) is 24.0. The van der Waals surface area contributed by atoms with E-state index < -0.39 is 9.84 Å². The van der Waals surface area contributed by atoms with Gasteiger partial charge in [-0.3, -0.25) is 9.48 Å². The summed E-state index contributed by atoms with van der Waals surface area (Å²) in [5.41, 5.74) is 6.03. The van der Waals surface area contributed by atoms with Crippen LogP contribution >= 0.6 is 0 Å². The van der Waals surface area contributed by atoms with E-state index in [1.807, 2.05) is 50.2 Å². The van der Waals surface area contributed by atoms with Gasteiger partial charge in [0.1, 0.15) is 0 Å². The Kier molecular flexibility index (Phi) is 6.79. The van der Waals surface area contributed by atoms with Crippen LogP contribution in [0.5, 0.6) is 0 Å². The first-order valence-corrected chi connectivity index (χ1v) is 13.6.